The van der Waals surface area contributed by atoms with Crippen molar-refractivity contribution >= 4 is 16.8 Å². The molecule has 0 spiro atoms. The minimum absolute atomic E-state index is 0.587. The summed E-state index contributed by atoms with van der Waals surface area (Å²) in [6.07, 6.45) is 0. The maximum Gasteiger partial charge on any atom is 0.191 e. The van der Waals surface area contributed by atoms with Gasteiger partial charge in [0.1, 0.15) is 0 Å². The van der Waals surface area contributed by atoms with Crippen molar-refractivity contribution in [1.82, 2.24) is 15.5 Å². The standard InChI is InChI=1S/C23H32N4O2S/c1-24-23(25-11-16-30(28)19-20-7-3-2-4-8-20)26-17-21-9-5-6-10-22(21)18-27-12-14-29-15-13-27/h2-10H,11-19H2,1H3,(H2,24,25,26). The van der Waals surface area contributed by atoms with Crippen molar-refractivity contribution in [3.63, 3.8) is 0 Å². The smallest absolute Gasteiger partial charge is 0.191 e. The van der Waals surface area contributed by atoms with E-state index in [1.807, 2.05) is 30.3 Å². The molecule has 0 amide bonds. The quantitative estimate of drug-likeness (QED) is 0.473. The zero-order chi connectivity index (χ0) is 21.0. The average Bonchev–Trinajstić information content (AvgIpc) is 2.78. The molecule has 0 aliphatic carbocycles. The van der Waals surface area contributed by atoms with Crippen molar-refractivity contribution in [2.45, 2.75) is 18.8 Å². The van der Waals surface area contributed by atoms with Crippen LogP contribution in [0.3, 0.4) is 0 Å². The van der Waals surface area contributed by atoms with Crippen molar-refractivity contribution in [2.24, 2.45) is 4.99 Å². The molecule has 1 atom stereocenters. The number of ether oxygens (including phenoxy) is 1. The summed E-state index contributed by atoms with van der Waals surface area (Å²) in [4.78, 5) is 6.73. The van der Waals surface area contributed by atoms with Crippen LogP contribution in [-0.2, 0) is 34.4 Å². The molecule has 1 fully saturated rings. The van der Waals surface area contributed by atoms with Crippen molar-refractivity contribution in [3.05, 3.63) is 71.3 Å². The Morgan fingerprint density at radius 2 is 1.73 bits per heavy atom. The zero-order valence-corrected chi connectivity index (χ0v) is 18.5. The molecule has 1 saturated heterocycles. The molecule has 30 heavy (non-hydrogen) atoms. The van der Waals surface area contributed by atoms with E-state index in [4.69, 9.17) is 4.74 Å². The Morgan fingerprint density at radius 3 is 2.47 bits per heavy atom. The highest BCUT2D eigenvalue weighted by Crippen LogP contribution is 2.13. The molecule has 2 aromatic carbocycles. The van der Waals surface area contributed by atoms with Gasteiger partial charge in [0.05, 0.1) is 13.2 Å². The van der Waals surface area contributed by atoms with Gasteiger partial charge in [-0.05, 0) is 16.7 Å². The number of rotatable bonds is 9. The van der Waals surface area contributed by atoms with E-state index in [9.17, 15) is 4.21 Å². The third-order valence-electron chi connectivity index (χ3n) is 5.08. The van der Waals surface area contributed by atoms with Gasteiger partial charge in [0.25, 0.3) is 0 Å². The lowest BCUT2D eigenvalue weighted by Gasteiger charge is -2.27. The molecule has 162 valence electrons. The summed E-state index contributed by atoms with van der Waals surface area (Å²) in [6.45, 7) is 5.83. The summed E-state index contributed by atoms with van der Waals surface area (Å²) < 4.78 is 17.7. The molecule has 2 aromatic rings. The summed E-state index contributed by atoms with van der Waals surface area (Å²) in [6, 6.07) is 18.5. The molecule has 1 aliphatic heterocycles. The minimum Gasteiger partial charge on any atom is -0.379 e. The van der Waals surface area contributed by atoms with Gasteiger partial charge in [-0.3, -0.25) is 14.1 Å². The Kier molecular flexibility index (Phi) is 9.34. The van der Waals surface area contributed by atoms with Gasteiger partial charge in [-0.15, -0.1) is 0 Å². The number of aliphatic imine (C=N–C) groups is 1. The molecule has 0 aromatic heterocycles. The van der Waals surface area contributed by atoms with E-state index >= 15 is 0 Å². The molecule has 7 heteroatoms. The van der Waals surface area contributed by atoms with Crippen LogP contribution in [0, 0.1) is 0 Å². The van der Waals surface area contributed by atoms with E-state index in [2.05, 4.69) is 44.8 Å². The van der Waals surface area contributed by atoms with Gasteiger partial charge < -0.3 is 15.4 Å². The minimum atomic E-state index is -0.898. The Bertz CT molecular complexity index is 823. The van der Waals surface area contributed by atoms with Gasteiger partial charge >= 0.3 is 0 Å². The molecule has 1 heterocycles. The van der Waals surface area contributed by atoms with E-state index < -0.39 is 10.8 Å². The van der Waals surface area contributed by atoms with Gasteiger partial charge in [0, 0.05) is 62.1 Å². The second-order valence-electron chi connectivity index (χ2n) is 7.28. The van der Waals surface area contributed by atoms with E-state index in [1.54, 1.807) is 7.05 Å². The van der Waals surface area contributed by atoms with Crippen molar-refractivity contribution in [2.75, 3.05) is 45.6 Å². The Balaban J connectivity index is 1.43. The summed E-state index contributed by atoms with van der Waals surface area (Å²) in [5, 5.41) is 6.66. The van der Waals surface area contributed by atoms with Crippen molar-refractivity contribution in [3.8, 4) is 0 Å². The SMILES string of the molecule is CN=C(NCCS(=O)Cc1ccccc1)NCc1ccccc1CN1CCOCC1. The molecule has 1 aliphatic rings. The second-order valence-corrected chi connectivity index (χ2v) is 8.86. The lowest BCUT2D eigenvalue weighted by molar-refractivity contribution is 0.0341. The number of guanidine groups is 1. The maximum atomic E-state index is 12.3. The summed E-state index contributed by atoms with van der Waals surface area (Å²) in [5.41, 5.74) is 3.70. The monoisotopic (exact) mass is 428 g/mol. The molecule has 6 nitrogen and oxygen atoms in total. The fourth-order valence-electron chi connectivity index (χ4n) is 3.40. The van der Waals surface area contributed by atoms with Crippen LogP contribution in [0.2, 0.25) is 0 Å². The summed E-state index contributed by atoms with van der Waals surface area (Å²) >= 11 is 0. The summed E-state index contributed by atoms with van der Waals surface area (Å²) in [7, 11) is 0.861. The number of morpholine rings is 1. The number of nitrogens with zero attached hydrogens (tertiary/aromatic N) is 2. The maximum absolute atomic E-state index is 12.3. The van der Waals surface area contributed by atoms with Crippen LogP contribution in [0.15, 0.2) is 59.6 Å². The Labute approximate surface area is 182 Å². The summed E-state index contributed by atoms with van der Waals surface area (Å²) in [5.74, 6) is 1.90. The fraction of sp³-hybridized carbons (Fsp3) is 0.435. The van der Waals surface area contributed by atoms with E-state index in [0.29, 0.717) is 24.6 Å². The Hall–Kier alpha value is -2.22. The second kappa shape index (κ2) is 12.5. The number of nitrogens with one attached hydrogen (secondary N) is 2. The zero-order valence-electron chi connectivity index (χ0n) is 17.7. The lowest BCUT2D eigenvalue weighted by atomic mass is 10.1. The molecule has 0 bridgehead atoms. The van der Waals surface area contributed by atoms with Crippen LogP contribution in [0.1, 0.15) is 16.7 Å². The molecular weight excluding hydrogens is 396 g/mol. The van der Waals surface area contributed by atoms with Gasteiger partial charge in [-0.1, -0.05) is 54.6 Å². The fourth-order valence-corrected chi connectivity index (χ4v) is 4.44. The highest BCUT2D eigenvalue weighted by atomic mass is 32.2. The lowest BCUT2D eigenvalue weighted by Crippen LogP contribution is -2.39. The molecular formula is C23H32N4O2S. The number of hydrogen-bond acceptors (Lipinski definition) is 4. The predicted octanol–water partition coefficient (Wildman–Crippen LogP) is 2.13. The van der Waals surface area contributed by atoms with Gasteiger partial charge in [0.15, 0.2) is 5.96 Å². The number of hydrogen-bond donors (Lipinski definition) is 2. The third kappa shape index (κ3) is 7.55. The van der Waals surface area contributed by atoms with Crippen molar-refractivity contribution in [1.29, 1.82) is 0 Å². The normalized spacial score (nSPS) is 16.2. The number of benzene rings is 2. The first kappa shape index (κ1) is 22.5. The van der Waals surface area contributed by atoms with Gasteiger partial charge in [-0.2, -0.15) is 0 Å². The van der Waals surface area contributed by atoms with Gasteiger partial charge in [-0.25, -0.2) is 0 Å². The molecule has 0 radical (unpaired) electrons. The predicted molar refractivity (Wildman–Crippen MR) is 124 cm³/mol. The Morgan fingerprint density at radius 1 is 1.03 bits per heavy atom. The first-order chi connectivity index (χ1) is 14.7. The topological polar surface area (TPSA) is 66.0 Å². The van der Waals surface area contributed by atoms with E-state index in [0.717, 1.165) is 44.4 Å². The van der Waals surface area contributed by atoms with Crippen molar-refractivity contribution < 1.29 is 8.95 Å². The first-order valence-electron chi connectivity index (χ1n) is 10.4. The first-order valence-corrected chi connectivity index (χ1v) is 11.9. The third-order valence-corrected chi connectivity index (χ3v) is 6.39. The van der Waals surface area contributed by atoms with Gasteiger partial charge in [0.2, 0.25) is 0 Å². The highest BCUT2D eigenvalue weighted by Gasteiger charge is 2.13. The average molecular weight is 429 g/mol. The van der Waals surface area contributed by atoms with E-state index in [1.165, 1.54) is 11.1 Å². The highest BCUT2D eigenvalue weighted by molar-refractivity contribution is 7.84. The van der Waals surface area contributed by atoms with Crippen LogP contribution >= 0.6 is 0 Å². The molecule has 3 rings (SSSR count). The molecule has 1 unspecified atom stereocenters. The van der Waals surface area contributed by atoms with Crippen LogP contribution in [0.25, 0.3) is 0 Å². The van der Waals surface area contributed by atoms with Crippen LogP contribution in [0.5, 0.6) is 0 Å². The van der Waals surface area contributed by atoms with E-state index in [-0.39, 0.29) is 0 Å². The molecule has 0 saturated carbocycles. The van der Waals surface area contributed by atoms with Crippen LogP contribution < -0.4 is 10.6 Å². The largest absolute Gasteiger partial charge is 0.379 e. The van der Waals surface area contributed by atoms with Crippen LogP contribution in [-0.4, -0.2) is 60.7 Å². The van der Waals surface area contributed by atoms with Crippen LogP contribution in [0.4, 0.5) is 0 Å². The molecule has 2 N–H and O–H groups in total.